The Kier molecular flexibility index (Phi) is 6.47. The van der Waals surface area contributed by atoms with Gasteiger partial charge in [-0.05, 0) is 17.7 Å². The van der Waals surface area contributed by atoms with Gasteiger partial charge in [-0.2, -0.15) is 0 Å². The fourth-order valence-corrected chi connectivity index (χ4v) is 4.36. The van der Waals surface area contributed by atoms with E-state index in [1.165, 1.54) is 23.1 Å². The number of amides is 1. The molecule has 2 aromatic carbocycles. The normalized spacial score (nSPS) is 10.9. The molecular weight excluding hydrogens is 438 g/mol. The predicted molar refractivity (Wildman–Crippen MR) is 122 cm³/mol. The second-order valence-corrected chi connectivity index (χ2v) is 8.74. The Balaban J connectivity index is 1.33. The maximum absolute atomic E-state index is 12.3. The monoisotopic (exact) mass is 455 g/mol. The molecule has 0 aliphatic heterocycles. The van der Waals surface area contributed by atoms with Crippen LogP contribution in [0.4, 0.5) is 5.13 Å². The summed E-state index contributed by atoms with van der Waals surface area (Å²) < 4.78 is 1.91. The third kappa shape index (κ3) is 5.08. The van der Waals surface area contributed by atoms with Gasteiger partial charge < -0.3 is 9.88 Å². The highest BCUT2D eigenvalue weighted by Gasteiger charge is 2.13. The van der Waals surface area contributed by atoms with Crippen LogP contribution in [-0.2, 0) is 18.3 Å². The number of carbonyl (C=O) groups is 1. The van der Waals surface area contributed by atoms with Crippen LogP contribution in [0, 0.1) is 0 Å². The molecule has 2 heterocycles. The van der Waals surface area contributed by atoms with Crippen molar-refractivity contribution in [3.63, 3.8) is 0 Å². The van der Waals surface area contributed by atoms with Crippen LogP contribution in [-0.4, -0.2) is 31.4 Å². The first kappa shape index (κ1) is 20.6. The number of rotatable bonds is 7. The zero-order valence-electron chi connectivity index (χ0n) is 16.1. The van der Waals surface area contributed by atoms with Gasteiger partial charge in [0.1, 0.15) is 5.82 Å². The zero-order chi connectivity index (χ0) is 20.9. The molecule has 2 aromatic heterocycles. The van der Waals surface area contributed by atoms with Crippen LogP contribution in [0.2, 0.25) is 5.02 Å². The lowest BCUT2D eigenvalue weighted by Gasteiger charge is -2.04. The molecule has 0 saturated carbocycles. The van der Waals surface area contributed by atoms with Gasteiger partial charge >= 0.3 is 0 Å². The quantitative estimate of drug-likeness (QED) is 0.401. The average molecular weight is 456 g/mol. The van der Waals surface area contributed by atoms with Crippen molar-refractivity contribution in [1.82, 2.24) is 19.7 Å². The number of thiazole rings is 1. The Morgan fingerprint density at radius 3 is 2.67 bits per heavy atom. The van der Waals surface area contributed by atoms with E-state index in [2.05, 4.69) is 20.5 Å². The number of aromatic nitrogens is 4. The van der Waals surface area contributed by atoms with Gasteiger partial charge in [-0.3, -0.25) is 4.79 Å². The number of benzene rings is 2. The van der Waals surface area contributed by atoms with Crippen LogP contribution in [0.15, 0.2) is 65.1 Å². The van der Waals surface area contributed by atoms with Crippen molar-refractivity contribution < 1.29 is 4.79 Å². The van der Waals surface area contributed by atoms with Crippen molar-refractivity contribution >= 4 is 45.7 Å². The van der Waals surface area contributed by atoms with Crippen LogP contribution in [0.1, 0.15) is 11.4 Å². The molecule has 4 rings (SSSR count). The molecule has 9 heteroatoms. The smallest absolute Gasteiger partial charge is 0.236 e. The SMILES string of the molecule is Cn1c(Cc2ccc(Cl)cc2)nnc1SCC(=O)Nc1nc(-c2ccccc2)cs1. The number of hydrogen-bond donors (Lipinski definition) is 1. The molecule has 0 atom stereocenters. The molecule has 1 amide bonds. The Bertz CT molecular complexity index is 1140. The molecule has 0 fully saturated rings. The van der Waals surface area contributed by atoms with Crippen molar-refractivity contribution in [3.8, 4) is 11.3 Å². The van der Waals surface area contributed by atoms with Crippen molar-refractivity contribution in [2.45, 2.75) is 11.6 Å². The lowest BCUT2D eigenvalue weighted by Crippen LogP contribution is -2.14. The first-order valence-corrected chi connectivity index (χ1v) is 11.4. The number of carbonyl (C=O) groups excluding carboxylic acids is 1. The molecule has 0 aliphatic rings. The van der Waals surface area contributed by atoms with Gasteiger partial charge in [-0.25, -0.2) is 4.98 Å². The van der Waals surface area contributed by atoms with E-state index in [9.17, 15) is 4.79 Å². The van der Waals surface area contributed by atoms with Crippen molar-refractivity contribution in [2.75, 3.05) is 11.1 Å². The first-order valence-electron chi connectivity index (χ1n) is 9.15. The Morgan fingerprint density at radius 1 is 1.13 bits per heavy atom. The molecule has 1 N–H and O–H groups in total. The Morgan fingerprint density at radius 2 is 1.90 bits per heavy atom. The number of hydrogen-bond acceptors (Lipinski definition) is 6. The molecule has 152 valence electrons. The minimum Gasteiger partial charge on any atom is -0.309 e. The Labute approximate surface area is 187 Å². The molecule has 30 heavy (non-hydrogen) atoms. The maximum Gasteiger partial charge on any atom is 0.236 e. The fourth-order valence-electron chi connectivity index (χ4n) is 2.77. The maximum atomic E-state index is 12.3. The number of nitrogens with one attached hydrogen (secondary N) is 1. The summed E-state index contributed by atoms with van der Waals surface area (Å²) in [4.78, 5) is 16.8. The van der Waals surface area contributed by atoms with E-state index in [1.54, 1.807) is 0 Å². The van der Waals surface area contributed by atoms with E-state index < -0.39 is 0 Å². The lowest BCUT2D eigenvalue weighted by molar-refractivity contribution is -0.113. The zero-order valence-corrected chi connectivity index (χ0v) is 18.5. The molecule has 6 nitrogen and oxygen atoms in total. The van der Waals surface area contributed by atoms with Gasteiger partial charge in [0.15, 0.2) is 10.3 Å². The van der Waals surface area contributed by atoms with Crippen molar-refractivity contribution in [2.24, 2.45) is 7.05 Å². The standard InChI is InChI=1S/C21H18ClN5OS2/c1-27-18(11-14-7-9-16(22)10-8-14)25-26-21(27)30-13-19(28)24-20-23-17(12-29-20)15-5-3-2-4-6-15/h2-10,12H,11,13H2,1H3,(H,23,24,28). The van der Waals surface area contributed by atoms with Crippen LogP contribution in [0.5, 0.6) is 0 Å². The molecular formula is C21H18ClN5OS2. The molecule has 0 saturated heterocycles. The molecule has 0 unspecified atom stereocenters. The highest BCUT2D eigenvalue weighted by molar-refractivity contribution is 7.99. The third-order valence-corrected chi connectivity index (χ3v) is 6.38. The van der Waals surface area contributed by atoms with E-state index in [0.717, 1.165) is 22.6 Å². The summed E-state index contributed by atoms with van der Waals surface area (Å²) in [6, 6.07) is 17.5. The lowest BCUT2D eigenvalue weighted by atomic mass is 10.1. The summed E-state index contributed by atoms with van der Waals surface area (Å²) in [6.07, 6.45) is 0.648. The largest absolute Gasteiger partial charge is 0.309 e. The third-order valence-electron chi connectivity index (χ3n) is 4.35. The van der Waals surface area contributed by atoms with E-state index in [1.807, 2.05) is 71.6 Å². The predicted octanol–water partition coefficient (Wildman–Crippen LogP) is 4.91. The van der Waals surface area contributed by atoms with Crippen LogP contribution in [0.3, 0.4) is 0 Å². The van der Waals surface area contributed by atoms with Gasteiger partial charge in [0.2, 0.25) is 5.91 Å². The first-order chi connectivity index (χ1) is 14.6. The molecule has 0 spiro atoms. The van der Waals surface area contributed by atoms with E-state index >= 15 is 0 Å². The summed E-state index contributed by atoms with van der Waals surface area (Å²) in [5.41, 5.74) is 2.97. The topological polar surface area (TPSA) is 72.7 Å². The summed E-state index contributed by atoms with van der Waals surface area (Å²) in [6.45, 7) is 0. The summed E-state index contributed by atoms with van der Waals surface area (Å²) in [5, 5.41) is 15.2. The Hall–Kier alpha value is -2.68. The molecule has 4 aromatic rings. The van der Waals surface area contributed by atoms with Gasteiger partial charge in [0, 0.05) is 29.4 Å². The van der Waals surface area contributed by atoms with Crippen molar-refractivity contribution in [1.29, 1.82) is 0 Å². The van der Waals surface area contributed by atoms with Gasteiger partial charge in [-0.15, -0.1) is 21.5 Å². The summed E-state index contributed by atoms with van der Waals surface area (Å²) >= 11 is 8.69. The fraction of sp³-hybridized carbons (Fsp3) is 0.143. The van der Waals surface area contributed by atoms with E-state index in [4.69, 9.17) is 11.6 Å². The molecule has 0 bridgehead atoms. The van der Waals surface area contributed by atoms with Crippen molar-refractivity contribution in [3.05, 3.63) is 76.4 Å². The van der Waals surface area contributed by atoms with Gasteiger partial charge in [0.25, 0.3) is 0 Å². The highest BCUT2D eigenvalue weighted by Crippen LogP contribution is 2.25. The van der Waals surface area contributed by atoms with Crippen LogP contribution in [0.25, 0.3) is 11.3 Å². The van der Waals surface area contributed by atoms with Crippen LogP contribution >= 0.6 is 34.7 Å². The van der Waals surface area contributed by atoms with Gasteiger partial charge in [0.05, 0.1) is 11.4 Å². The average Bonchev–Trinajstić information content (AvgIpc) is 3.36. The van der Waals surface area contributed by atoms with Gasteiger partial charge in [-0.1, -0.05) is 65.8 Å². The minimum absolute atomic E-state index is 0.129. The molecule has 0 aliphatic carbocycles. The molecule has 0 radical (unpaired) electrons. The highest BCUT2D eigenvalue weighted by atomic mass is 35.5. The number of halogens is 1. The number of nitrogens with zero attached hydrogens (tertiary/aromatic N) is 4. The minimum atomic E-state index is -0.129. The van der Waals surface area contributed by atoms with E-state index in [0.29, 0.717) is 21.7 Å². The summed E-state index contributed by atoms with van der Waals surface area (Å²) in [7, 11) is 1.90. The van der Waals surface area contributed by atoms with E-state index in [-0.39, 0.29) is 11.7 Å². The number of thioether (sulfide) groups is 1. The summed E-state index contributed by atoms with van der Waals surface area (Å²) in [5.74, 6) is 0.927. The second-order valence-electron chi connectivity index (χ2n) is 6.50. The van der Waals surface area contributed by atoms with Crippen LogP contribution < -0.4 is 5.32 Å². The second kappa shape index (κ2) is 9.42. The number of anilines is 1.